The fourth-order valence-electron chi connectivity index (χ4n) is 2.60. The van der Waals surface area contributed by atoms with Crippen molar-refractivity contribution >= 4 is 22.2 Å². The molecule has 0 aliphatic heterocycles. The Kier molecular flexibility index (Phi) is 3.51. The summed E-state index contributed by atoms with van der Waals surface area (Å²) < 4.78 is 0. The van der Waals surface area contributed by atoms with Crippen LogP contribution in [0.2, 0.25) is 0 Å². The summed E-state index contributed by atoms with van der Waals surface area (Å²) in [5.41, 5.74) is 3.36. The summed E-state index contributed by atoms with van der Waals surface area (Å²) in [4.78, 5) is 10.4. The number of pyridine rings is 1. The van der Waals surface area contributed by atoms with E-state index in [9.17, 15) is 0 Å². The summed E-state index contributed by atoms with van der Waals surface area (Å²) in [6.07, 6.45) is 1.85. The average Bonchev–Trinajstić information content (AvgIpc) is 2.79. The highest BCUT2D eigenvalue weighted by molar-refractivity contribution is 7.11. The van der Waals surface area contributed by atoms with Gasteiger partial charge in [-0.1, -0.05) is 24.3 Å². The van der Waals surface area contributed by atoms with Crippen molar-refractivity contribution < 1.29 is 0 Å². The highest BCUT2D eigenvalue weighted by Crippen LogP contribution is 2.32. The van der Waals surface area contributed by atoms with Crippen LogP contribution in [-0.4, -0.2) is 17.0 Å². The van der Waals surface area contributed by atoms with E-state index in [1.165, 1.54) is 15.8 Å². The van der Waals surface area contributed by atoms with Gasteiger partial charge in [0.2, 0.25) is 0 Å². The number of hydrogen-bond acceptors (Lipinski definition) is 4. The minimum absolute atomic E-state index is 0.139. The standard InChI is InChI=1S/C16H17N3S/c1-10-16(20-11(2)19-10)15(17-3)13-8-4-6-12-7-5-9-18-14(12)13/h4-9,15,17H,1-3H3. The molecule has 20 heavy (non-hydrogen) atoms. The smallest absolute Gasteiger partial charge is 0.0900 e. The van der Waals surface area contributed by atoms with E-state index in [1.54, 1.807) is 11.3 Å². The number of benzene rings is 1. The molecule has 2 heterocycles. The van der Waals surface area contributed by atoms with Crippen LogP contribution in [0.5, 0.6) is 0 Å². The van der Waals surface area contributed by atoms with Crippen molar-refractivity contribution in [2.24, 2.45) is 0 Å². The van der Waals surface area contributed by atoms with E-state index in [0.717, 1.165) is 16.2 Å². The molecule has 4 heteroatoms. The first-order valence-electron chi connectivity index (χ1n) is 6.65. The first-order chi connectivity index (χ1) is 9.70. The van der Waals surface area contributed by atoms with Gasteiger partial charge in [-0.3, -0.25) is 4.98 Å². The lowest BCUT2D eigenvalue weighted by Gasteiger charge is -2.17. The first kappa shape index (κ1) is 13.2. The Labute approximate surface area is 122 Å². The van der Waals surface area contributed by atoms with Crippen LogP contribution in [0.4, 0.5) is 0 Å². The molecule has 2 aromatic heterocycles. The normalized spacial score (nSPS) is 12.8. The Hall–Kier alpha value is -1.78. The maximum Gasteiger partial charge on any atom is 0.0900 e. The number of thiazole rings is 1. The molecule has 1 N–H and O–H groups in total. The third-order valence-electron chi connectivity index (χ3n) is 3.47. The van der Waals surface area contributed by atoms with Gasteiger partial charge in [-0.15, -0.1) is 11.3 Å². The minimum atomic E-state index is 0.139. The topological polar surface area (TPSA) is 37.8 Å². The zero-order valence-electron chi connectivity index (χ0n) is 11.8. The molecule has 3 rings (SSSR count). The van der Waals surface area contributed by atoms with Crippen LogP contribution in [-0.2, 0) is 0 Å². The van der Waals surface area contributed by atoms with E-state index < -0.39 is 0 Å². The monoisotopic (exact) mass is 283 g/mol. The third-order valence-corrected chi connectivity index (χ3v) is 4.60. The molecule has 0 radical (unpaired) electrons. The Balaban J connectivity index is 2.19. The second-order valence-corrected chi connectivity index (χ2v) is 6.06. The first-order valence-corrected chi connectivity index (χ1v) is 7.47. The molecule has 0 saturated heterocycles. The lowest BCUT2D eigenvalue weighted by atomic mass is 10.0. The highest BCUT2D eigenvalue weighted by Gasteiger charge is 2.20. The molecule has 1 aromatic carbocycles. The van der Waals surface area contributed by atoms with Crippen LogP contribution in [0, 0.1) is 13.8 Å². The van der Waals surface area contributed by atoms with Crippen LogP contribution in [0.1, 0.15) is 27.2 Å². The Morgan fingerprint density at radius 1 is 1.15 bits per heavy atom. The molecule has 1 atom stereocenters. The van der Waals surface area contributed by atoms with E-state index in [2.05, 4.69) is 53.4 Å². The number of rotatable bonds is 3. The van der Waals surface area contributed by atoms with Gasteiger partial charge in [-0.2, -0.15) is 0 Å². The zero-order chi connectivity index (χ0) is 14.1. The molecular formula is C16H17N3S. The van der Waals surface area contributed by atoms with E-state index >= 15 is 0 Å². The lowest BCUT2D eigenvalue weighted by Crippen LogP contribution is -2.18. The van der Waals surface area contributed by atoms with Gasteiger partial charge in [0.1, 0.15) is 0 Å². The average molecular weight is 283 g/mol. The molecule has 3 aromatic rings. The molecule has 0 aliphatic rings. The minimum Gasteiger partial charge on any atom is -0.309 e. The molecule has 0 amide bonds. The van der Waals surface area contributed by atoms with Crippen LogP contribution >= 0.6 is 11.3 Å². The zero-order valence-corrected chi connectivity index (χ0v) is 12.7. The largest absolute Gasteiger partial charge is 0.309 e. The van der Waals surface area contributed by atoms with Crippen LogP contribution in [0.3, 0.4) is 0 Å². The van der Waals surface area contributed by atoms with Crippen molar-refractivity contribution in [1.29, 1.82) is 0 Å². The Bertz CT molecular complexity index is 743. The van der Waals surface area contributed by atoms with Crippen molar-refractivity contribution in [1.82, 2.24) is 15.3 Å². The maximum absolute atomic E-state index is 4.56. The van der Waals surface area contributed by atoms with E-state index in [1.807, 2.05) is 19.3 Å². The number of nitrogens with zero attached hydrogens (tertiary/aromatic N) is 2. The second kappa shape index (κ2) is 5.31. The Morgan fingerprint density at radius 2 is 1.95 bits per heavy atom. The Morgan fingerprint density at radius 3 is 2.65 bits per heavy atom. The third kappa shape index (κ3) is 2.21. The molecule has 0 saturated carbocycles. The van der Waals surface area contributed by atoms with E-state index in [-0.39, 0.29) is 6.04 Å². The van der Waals surface area contributed by atoms with Gasteiger partial charge in [0.15, 0.2) is 0 Å². The van der Waals surface area contributed by atoms with Crippen molar-refractivity contribution in [3.05, 3.63) is 57.7 Å². The fraction of sp³-hybridized carbons (Fsp3) is 0.250. The number of para-hydroxylation sites is 1. The van der Waals surface area contributed by atoms with Gasteiger partial charge in [-0.05, 0) is 27.0 Å². The summed E-state index contributed by atoms with van der Waals surface area (Å²) in [6.45, 7) is 4.12. The van der Waals surface area contributed by atoms with Crippen LogP contribution in [0.15, 0.2) is 36.5 Å². The van der Waals surface area contributed by atoms with Gasteiger partial charge in [0.25, 0.3) is 0 Å². The van der Waals surface area contributed by atoms with Crippen molar-refractivity contribution in [3.63, 3.8) is 0 Å². The van der Waals surface area contributed by atoms with E-state index in [4.69, 9.17) is 0 Å². The summed E-state index contributed by atoms with van der Waals surface area (Å²) in [5, 5.41) is 5.68. The molecule has 3 nitrogen and oxygen atoms in total. The van der Waals surface area contributed by atoms with Crippen molar-refractivity contribution in [2.75, 3.05) is 7.05 Å². The van der Waals surface area contributed by atoms with Gasteiger partial charge < -0.3 is 5.32 Å². The number of aromatic nitrogens is 2. The summed E-state index contributed by atoms with van der Waals surface area (Å²) in [5.74, 6) is 0. The highest BCUT2D eigenvalue weighted by atomic mass is 32.1. The second-order valence-electron chi connectivity index (χ2n) is 4.83. The number of nitrogens with one attached hydrogen (secondary N) is 1. The van der Waals surface area contributed by atoms with Gasteiger partial charge in [0.05, 0.1) is 22.3 Å². The van der Waals surface area contributed by atoms with Gasteiger partial charge >= 0.3 is 0 Å². The molecule has 0 fully saturated rings. The summed E-state index contributed by atoms with van der Waals surface area (Å²) in [6, 6.07) is 10.5. The van der Waals surface area contributed by atoms with Gasteiger partial charge in [-0.25, -0.2) is 4.98 Å². The lowest BCUT2D eigenvalue weighted by molar-refractivity contribution is 0.701. The van der Waals surface area contributed by atoms with Crippen molar-refractivity contribution in [3.8, 4) is 0 Å². The quantitative estimate of drug-likeness (QED) is 0.798. The number of fused-ring (bicyclic) bond motifs is 1. The van der Waals surface area contributed by atoms with Gasteiger partial charge in [0, 0.05) is 22.0 Å². The molecular weight excluding hydrogens is 266 g/mol. The molecule has 0 aliphatic carbocycles. The summed E-state index contributed by atoms with van der Waals surface area (Å²) in [7, 11) is 1.99. The number of aryl methyl sites for hydroxylation is 2. The maximum atomic E-state index is 4.56. The van der Waals surface area contributed by atoms with E-state index in [0.29, 0.717) is 0 Å². The number of hydrogen-bond donors (Lipinski definition) is 1. The molecule has 102 valence electrons. The molecule has 0 spiro atoms. The molecule has 0 bridgehead atoms. The fourth-order valence-corrected chi connectivity index (χ4v) is 3.66. The predicted molar refractivity (Wildman–Crippen MR) is 84.2 cm³/mol. The SMILES string of the molecule is CNC(c1sc(C)nc1C)c1cccc2cccnc12. The molecule has 1 unspecified atom stereocenters. The predicted octanol–water partition coefficient (Wildman–Crippen LogP) is 3.62. The van der Waals surface area contributed by atoms with Crippen LogP contribution in [0.25, 0.3) is 10.9 Å². The van der Waals surface area contributed by atoms with Crippen LogP contribution < -0.4 is 5.32 Å². The summed E-state index contributed by atoms with van der Waals surface area (Å²) >= 11 is 1.75. The van der Waals surface area contributed by atoms with Crippen molar-refractivity contribution in [2.45, 2.75) is 19.9 Å².